The van der Waals surface area contributed by atoms with Crippen LogP contribution in [0, 0.1) is 0 Å². The highest BCUT2D eigenvalue weighted by Crippen LogP contribution is 2.53. The fourth-order valence-corrected chi connectivity index (χ4v) is 5.50. The third-order valence-electron chi connectivity index (χ3n) is 7.08. The molecule has 2 atom stereocenters. The van der Waals surface area contributed by atoms with Crippen LogP contribution in [0.1, 0.15) is 55.2 Å². The van der Waals surface area contributed by atoms with Crippen molar-refractivity contribution in [2.45, 2.75) is 44.1 Å². The first kappa shape index (κ1) is 21.8. The van der Waals surface area contributed by atoms with Crippen LogP contribution in [0.25, 0.3) is 0 Å². The van der Waals surface area contributed by atoms with E-state index in [9.17, 15) is 0 Å². The first-order valence-corrected chi connectivity index (χ1v) is 12.1. The molecule has 0 spiro atoms. The predicted molar refractivity (Wildman–Crippen MR) is 133 cm³/mol. The van der Waals surface area contributed by atoms with E-state index in [0.29, 0.717) is 5.75 Å². The molecule has 4 nitrogen and oxygen atoms in total. The lowest BCUT2D eigenvalue weighted by Gasteiger charge is -2.45. The fraction of sp³-hybridized carbons (Fsp3) is 0.379. The second kappa shape index (κ2) is 9.11. The molecule has 0 radical (unpaired) electrons. The number of hydrogen-bond donors (Lipinski definition) is 0. The molecule has 0 aliphatic carbocycles. The van der Waals surface area contributed by atoms with E-state index in [2.05, 4.69) is 79.4 Å². The minimum atomic E-state index is -0.419. The van der Waals surface area contributed by atoms with Crippen molar-refractivity contribution in [1.82, 2.24) is 4.90 Å². The van der Waals surface area contributed by atoms with Crippen molar-refractivity contribution in [2.24, 2.45) is 0 Å². The standard InChI is InChI=1S/C29H33NO3/c1-29(2)28(22-8-4-3-5-9-22)27(25-15-12-23(31)20-26(25)33-29)21-10-13-24(14-11-21)32-19-18-30-16-6-7-17-30/h3-5,8-15,20,27-28,31H,6-7,16-19H2,1-2H3/p+1/t27-,28+/m1/s1. The Balaban J connectivity index is 1.45. The molecule has 3 aromatic rings. The molecule has 172 valence electrons. The van der Waals surface area contributed by atoms with Crippen molar-refractivity contribution in [3.8, 4) is 17.2 Å². The van der Waals surface area contributed by atoms with Gasteiger partial charge in [-0.3, -0.25) is 4.90 Å². The van der Waals surface area contributed by atoms with Crippen LogP contribution in [0.2, 0.25) is 0 Å². The van der Waals surface area contributed by atoms with Gasteiger partial charge in [0.15, 0.2) is 0 Å². The number of likely N-dealkylation sites (tertiary alicyclic amines) is 1. The summed E-state index contributed by atoms with van der Waals surface area (Å²) in [6.45, 7) is 8.44. The number of fused-ring (bicyclic) bond motifs is 1. The SMILES string of the molecule is CC1(C)Oc2cc([OH2+])ccc2[C@@H](c2ccc(OCCN3CCCC3)cc2)[C@@H]1c1ccccc1. The maximum atomic E-state index is 8.10. The Labute approximate surface area is 196 Å². The van der Waals surface area contributed by atoms with Gasteiger partial charge in [0.05, 0.1) is 6.07 Å². The van der Waals surface area contributed by atoms with Crippen molar-refractivity contribution >= 4 is 0 Å². The van der Waals surface area contributed by atoms with Crippen molar-refractivity contribution in [3.05, 3.63) is 89.5 Å². The number of hydrogen-bond acceptors (Lipinski definition) is 3. The maximum Gasteiger partial charge on any atom is 0.257 e. The zero-order chi connectivity index (χ0) is 22.8. The Morgan fingerprint density at radius 3 is 2.39 bits per heavy atom. The van der Waals surface area contributed by atoms with E-state index >= 15 is 0 Å². The molecule has 5 rings (SSSR count). The summed E-state index contributed by atoms with van der Waals surface area (Å²) in [5, 5.41) is 8.10. The summed E-state index contributed by atoms with van der Waals surface area (Å²) in [7, 11) is 0. The summed E-state index contributed by atoms with van der Waals surface area (Å²) in [6, 6.07) is 25.0. The van der Waals surface area contributed by atoms with Gasteiger partial charge in [-0.2, -0.15) is 0 Å². The second-order valence-corrected chi connectivity index (χ2v) is 9.79. The molecule has 0 aromatic heterocycles. The molecule has 1 fully saturated rings. The lowest BCUT2D eigenvalue weighted by Crippen LogP contribution is -2.43. The van der Waals surface area contributed by atoms with Crippen molar-refractivity contribution in [1.29, 1.82) is 0 Å². The highest BCUT2D eigenvalue weighted by atomic mass is 16.5. The topological polar surface area (TPSA) is 44.6 Å². The van der Waals surface area contributed by atoms with Crippen LogP contribution in [-0.4, -0.2) is 41.8 Å². The van der Waals surface area contributed by atoms with Crippen molar-refractivity contribution < 1.29 is 14.6 Å². The molecule has 2 aliphatic heterocycles. The number of rotatable bonds is 6. The van der Waals surface area contributed by atoms with E-state index in [4.69, 9.17) is 14.6 Å². The average Bonchev–Trinajstić information content (AvgIpc) is 3.32. The van der Waals surface area contributed by atoms with Crippen LogP contribution in [0.5, 0.6) is 17.2 Å². The Morgan fingerprint density at radius 1 is 0.939 bits per heavy atom. The largest absolute Gasteiger partial charge is 0.593 e. The Kier molecular flexibility index (Phi) is 6.03. The molecule has 0 unspecified atom stereocenters. The van der Waals surface area contributed by atoms with Gasteiger partial charge < -0.3 is 14.6 Å². The van der Waals surface area contributed by atoms with E-state index in [1.807, 2.05) is 12.1 Å². The quantitative estimate of drug-likeness (QED) is 0.459. The molecule has 2 heterocycles. The van der Waals surface area contributed by atoms with E-state index in [-0.39, 0.29) is 11.8 Å². The van der Waals surface area contributed by atoms with Crippen LogP contribution in [-0.2, 0) is 0 Å². The molecule has 2 aliphatic rings. The fourth-order valence-electron chi connectivity index (χ4n) is 5.50. The Hall–Kier alpha value is -2.98. The molecular formula is C29H34NO3+. The van der Waals surface area contributed by atoms with Crippen LogP contribution in [0.4, 0.5) is 0 Å². The monoisotopic (exact) mass is 444 g/mol. The third-order valence-corrected chi connectivity index (χ3v) is 7.08. The lowest BCUT2D eigenvalue weighted by atomic mass is 9.68. The Bertz CT molecular complexity index is 1070. The molecule has 33 heavy (non-hydrogen) atoms. The van der Waals surface area contributed by atoms with E-state index in [0.717, 1.165) is 30.2 Å². The molecule has 0 bridgehead atoms. The first-order valence-electron chi connectivity index (χ1n) is 12.1. The van der Waals surface area contributed by atoms with Gasteiger partial charge in [-0.1, -0.05) is 42.5 Å². The zero-order valence-corrected chi connectivity index (χ0v) is 19.6. The minimum Gasteiger partial charge on any atom is -0.593 e. The smallest absolute Gasteiger partial charge is 0.257 e. The summed E-state index contributed by atoms with van der Waals surface area (Å²) in [6.07, 6.45) is 2.61. The maximum absolute atomic E-state index is 8.10. The molecule has 0 saturated carbocycles. The van der Waals surface area contributed by atoms with Gasteiger partial charge in [0.25, 0.3) is 5.75 Å². The highest BCUT2D eigenvalue weighted by Gasteiger charge is 2.45. The molecule has 3 aromatic carbocycles. The van der Waals surface area contributed by atoms with Gasteiger partial charge >= 0.3 is 0 Å². The van der Waals surface area contributed by atoms with Crippen LogP contribution in [0.15, 0.2) is 72.8 Å². The van der Waals surface area contributed by atoms with E-state index in [1.165, 1.54) is 37.1 Å². The molecule has 1 saturated heterocycles. The zero-order valence-electron chi connectivity index (χ0n) is 19.6. The second-order valence-electron chi connectivity index (χ2n) is 9.79. The molecule has 4 heteroatoms. The lowest BCUT2D eigenvalue weighted by molar-refractivity contribution is 0.0528. The molecule has 2 N–H and O–H groups in total. The number of ether oxygens (including phenoxy) is 2. The van der Waals surface area contributed by atoms with Gasteiger partial charge in [-0.05, 0) is 69.1 Å². The van der Waals surface area contributed by atoms with Crippen LogP contribution < -0.4 is 9.47 Å². The highest BCUT2D eigenvalue weighted by molar-refractivity contribution is 5.52. The Morgan fingerprint density at radius 2 is 1.67 bits per heavy atom. The van der Waals surface area contributed by atoms with Crippen molar-refractivity contribution in [3.63, 3.8) is 0 Å². The number of nitrogens with zero attached hydrogens (tertiary/aromatic N) is 1. The first-order chi connectivity index (χ1) is 16.0. The summed E-state index contributed by atoms with van der Waals surface area (Å²) >= 11 is 0. The van der Waals surface area contributed by atoms with Gasteiger partial charge in [0, 0.05) is 30.0 Å². The average molecular weight is 445 g/mol. The van der Waals surface area contributed by atoms with Gasteiger partial charge in [0.2, 0.25) is 0 Å². The summed E-state index contributed by atoms with van der Waals surface area (Å²) in [5.74, 6) is 2.48. The van der Waals surface area contributed by atoms with Gasteiger partial charge in [-0.15, -0.1) is 0 Å². The number of benzene rings is 3. The third kappa shape index (κ3) is 4.58. The van der Waals surface area contributed by atoms with E-state index in [1.54, 1.807) is 0 Å². The van der Waals surface area contributed by atoms with Gasteiger partial charge in [0.1, 0.15) is 23.7 Å². The minimum absolute atomic E-state index is 0.130. The van der Waals surface area contributed by atoms with Crippen LogP contribution >= 0.6 is 0 Å². The van der Waals surface area contributed by atoms with E-state index < -0.39 is 5.60 Å². The van der Waals surface area contributed by atoms with Crippen LogP contribution in [0.3, 0.4) is 0 Å². The van der Waals surface area contributed by atoms with Gasteiger partial charge in [-0.25, -0.2) is 0 Å². The van der Waals surface area contributed by atoms with Crippen molar-refractivity contribution in [2.75, 3.05) is 26.2 Å². The summed E-state index contributed by atoms with van der Waals surface area (Å²) in [4.78, 5) is 2.47. The normalized spacial score (nSPS) is 21.9. The molecular weight excluding hydrogens is 410 g/mol. The molecule has 0 amide bonds. The predicted octanol–water partition coefficient (Wildman–Crippen LogP) is 5.69. The summed E-state index contributed by atoms with van der Waals surface area (Å²) in [5.41, 5.74) is 3.23. The summed E-state index contributed by atoms with van der Waals surface area (Å²) < 4.78 is 12.6.